The highest BCUT2D eigenvalue weighted by Gasteiger charge is 2.24. The number of hydrogen-bond acceptors (Lipinski definition) is 2. The molecule has 2 rings (SSSR count). The van der Waals surface area contributed by atoms with Gasteiger partial charge in [0.05, 0.1) is 0 Å². The van der Waals surface area contributed by atoms with Gasteiger partial charge in [0.25, 0.3) is 0 Å². The van der Waals surface area contributed by atoms with Gasteiger partial charge in [-0.15, -0.1) is 0 Å². The van der Waals surface area contributed by atoms with Crippen LogP contribution in [0.3, 0.4) is 0 Å². The van der Waals surface area contributed by atoms with Crippen LogP contribution in [0.15, 0.2) is 24.3 Å². The summed E-state index contributed by atoms with van der Waals surface area (Å²) < 4.78 is 12.9. The Bertz CT molecular complexity index is 449. The number of halogens is 1. The normalized spacial score (nSPS) is 16.6. The number of rotatable bonds is 3. The lowest BCUT2D eigenvalue weighted by Crippen LogP contribution is -2.32. The Morgan fingerprint density at radius 3 is 2.72 bits per heavy atom. The van der Waals surface area contributed by atoms with Gasteiger partial charge in [-0.1, -0.05) is 12.1 Å². The van der Waals surface area contributed by atoms with Crippen molar-refractivity contribution in [2.24, 2.45) is 5.92 Å². The third-order valence-corrected chi connectivity index (χ3v) is 3.27. The van der Waals surface area contributed by atoms with Gasteiger partial charge in [-0.3, -0.25) is 9.59 Å². The molecule has 0 aromatic heterocycles. The van der Waals surface area contributed by atoms with Crippen LogP contribution in [0.2, 0.25) is 0 Å². The summed E-state index contributed by atoms with van der Waals surface area (Å²) in [4.78, 5) is 22.9. The van der Waals surface area contributed by atoms with Gasteiger partial charge in [0.15, 0.2) is 0 Å². The number of nitrogens with one attached hydrogen (secondary N) is 1. The van der Waals surface area contributed by atoms with E-state index in [9.17, 15) is 14.0 Å². The van der Waals surface area contributed by atoms with Crippen molar-refractivity contribution in [2.45, 2.75) is 32.2 Å². The standard InChI is InChI=1S/C14H16FNO2/c15-12-3-1-2-10(8-12)9-16-14(18)11-4-6-13(17)7-5-11/h1-3,8,11H,4-7,9H2,(H,16,18). The zero-order chi connectivity index (χ0) is 13.0. The molecule has 0 bridgehead atoms. The molecule has 1 aromatic carbocycles. The van der Waals surface area contributed by atoms with Crippen LogP contribution in [-0.4, -0.2) is 11.7 Å². The molecule has 0 saturated heterocycles. The number of Topliss-reactive ketones (excluding diaryl/α,β-unsaturated/α-hetero) is 1. The van der Waals surface area contributed by atoms with Gasteiger partial charge in [0.2, 0.25) is 5.91 Å². The van der Waals surface area contributed by atoms with Gasteiger partial charge in [0, 0.05) is 25.3 Å². The Labute approximate surface area is 105 Å². The maximum atomic E-state index is 12.9. The Hall–Kier alpha value is -1.71. The van der Waals surface area contributed by atoms with Crippen molar-refractivity contribution in [2.75, 3.05) is 0 Å². The maximum absolute atomic E-state index is 12.9. The molecule has 0 heterocycles. The van der Waals surface area contributed by atoms with Crippen molar-refractivity contribution in [1.29, 1.82) is 0 Å². The van der Waals surface area contributed by atoms with Crippen LogP contribution in [0.4, 0.5) is 4.39 Å². The highest BCUT2D eigenvalue weighted by Crippen LogP contribution is 2.21. The van der Waals surface area contributed by atoms with Crippen molar-refractivity contribution in [3.8, 4) is 0 Å². The first-order chi connectivity index (χ1) is 8.65. The quantitative estimate of drug-likeness (QED) is 0.892. The van der Waals surface area contributed by atoms with E-state index in [0.717, 1.165) is 5.56 Å². The second-order valence-electron chi connectivity index (χ2n) is 4.66. The minimum Gasteiger partial charge on any atom is -0.352 e. The number of carbonyl (C=O) groups excluding carboxylic acids is 2. The van der Waals surface area contributed by atoms with Crippen LogP contribution < -0.4 is 5.32 Å². The molecule has 0 spiro atoms. The van der Waals surface area contributed by atoms with Gasteiger partial charge in [-0.2, -0.15) is 0 Å². The smallest absolute Gasteiger partial charge is 0.223 e. The van der Waals surface area contributed by atoms with Crippen LogP contribution in [0.25, 0.3) is 0 Å². The minimum atomic E-state index is -0.301. The molecule has 1 fully saturated rings. The van der Waals surface area contributed by atoms with Crippen LogP contribution in [0.5, 0.6) is 0 Å². The minimum absolute atomic E-state index is 0.0354. The number of amides is 1. The fraction of sp³-hybridized carbons (Fsp3) is 0.429. The molecule has 0 radical (unpaired) electrons. The van der Waals surface area contributed by atoms with E-state index in [1.807, 2.05) is 0 Å². The van der Waals surface area contributed by atoms with E-state index < -0.39 is 0 Å². The molecule has 0 aliphatic heterocycles. The van der Waals surface area contributed by atoms with Gasteiger partial charge >= 0.3 is 0 Å². The SMILES string of the molecule is O=C1CCC(C(=O)NCc2cccc(F)c2)CC1. The summed E-state index contributed by atoms with van der Waals surface area (Å²) in [5, 5.41) is 2.79. The Morgan fingerprint density at radius 2 is 2.06 bits per heavy atom. The third kappa shape index (κ3) is 3.39. The molecule has 1 saturated carbocycles. The van der Waals surface area contributed by atoms with Gasteiger partial charge in [-0.25, -0.2) is 4.39 Å². The molecule has 4 heteroatoms. The second kappa shape index (κ2) is 5.76. The van der Waals surface area contributed by atoms with E-state index in [-0.39, 0.29) is 23.4 Å². The fourth-order valence-electron chi connectivity index (χ4n) is 2.18. The Morgan fingerprint density at radius 1 is 1.33 bits per heavy atom. The lowest BCUT2D eigenvalue weighted by atomic mass is 9.88. The average Bonchev–Trinajstić information content (AvgIpc) is 2.37. The van der Waals surface area contributed by atoms with Crippen LogP contribution in [-0.2, 0) is 16.1 Å². The van der Waals surface area contributed by atoms with E-state index in [1.165, 1.54) is 12.1 Å². The molecule has 1 aromatic rings. The zero-order valence-corrected chi connectivity index (χ0v) is 10.1. The summed E-state index contributed by atoms with van der Waals surface area (Å²) in [5.74, 6) is -0.169. The topological polar surface area (TPSA) is 46.2 Å². The van der Waals surface area contributed by atoms with E-state index in [2.05, 4.69) is 5.32 Å². The van der Waals surface area contributed by atoms with Crippen molar-refractivity contribution in [3.05, 3.63) is 35.6 Å². The Kier molecular flexibility index (Phi) is 4.07. The van der Waals surface area contributed by atoms with Crippen molar-refractivity contribution >= 4 is 11.7 Å². The van der Waals surface area contributed by atoms with Crippen LogP contribution in [0, 0.1) is 11.7 Å². The first-order valence-electron chi connectivity index (χ1n) is 6.19. The lowest BCUT2D eigenvalue weighted by molar-refractivity contribution is -0.128. The maximum Gasteiger partial charge on any atom is 0.223 e. The summed E-state index contributed by atoms with van der Waals surface area (Å²) >= 11 is 0. The first kappa shape index (κ1) is 12.7. The molecule has 0 unspecified atom stereocenters. The lowest BCUT2D eigenvalue weighted by Gasteiger charge is -2.20. The van der Waals surface area contributed by atoms with E-state index in [4.69, 9.17) is 0 Å². The van der Waals surface area contributed by atoms with Gasteiger partial charge in [0.1, 0.15) is 11.6 Å². The second-order valence-corrected chi connectivity index (χ2v) is 4.66. The summed E-state index contributed by atoms with van der Waals surface area (Å²) in [6.45, 7) is 0.334. The molecule has 96 valence electrons. The molecular formula is C14H16FNO2. The molecule has 1 amide bonds. The van der Waals surface area contributed by atoms with Crippen LogP contribution >= 0.6 is 0 Å². The average molecular weight is 249 g/mol. The third-order valence-electron chi connectivity index (χ3n) is 3.27. The van der Waals surface area contributed by atoms with E-state index in [1.54, 1.807) is 12.1 Å². The molecule has 3 nitrogen and oxygen atoms in total. The largest absolute Gasteiger partial charge is 0.352 e. The molecule has 1 aliphatic carbocycles. The molecule has 0 atom stereocenters. The number of carbonyl (C=O) groups is 2. The summed E-state index contributed by atoms with van der Waals surface area (Å²) in [7, 11) is 0. The van der Waals surface area contributed by atoms with E-state index >= 15 is 0 Å². The molecule has 1 N–H and O–H groups in total. The Balaban J connectivity index is 1.83. The van der Waals surface area contributed by atoms with Crippen molar-refractivity contribution in [1.82, 2.24) is 5.32 Å². The van der Waals surface area contributed by atoms with Crippen molar-refractivity contribution < 1.29 is 14.0 Å². The number of ketones is 1. The van der Waals surface area contributed by atoms with Crippen molar-refractivity contribution in [3.63, 3.8) is 0 Å². The predicted octanol–water partition coefficient (Wildman–Crippen LogP) is 2.20. The van der Waals surface area contributed by atoms with E-state index in [0.29, 0.717) is 32.2 Å². The first-order valence-corrected chi connectivity index (χ1v) is 6.19. The molecule has 1 aliphatic rings. The summed E-state index contributed by atoms with van der Waals surface area (Å²) in [5.41, 5.74) is 0.746. The molecule has 18 heavy (non-hydrogen) atoms. The summed E-state index contributed by atoms with van der Waals surface area (Å²) in [6.07, 6.45) is 2.26. The highest BCUT2D eigenvalue weighted by atomic mass is 19.1. The highest BCUT2D eigenvalue weighted by molar-refractivity contribution is 5.84. The number of hydrogen-bond donors (Lipinski definition) is 1. The zero-order valence-electron chi connectivity index (χ0n) is 10.1. The number of benzene rings is 1. The predicted molar refractivity (Wildman–Crippen MR) is 65.2 cm³/mol. The fourth-order valence-corrected chi connectivity index (χ4v) is 2.18. The molecular weight excluding hydrogens is 233 g/mol. The summed E-state index contributed by atoms with van der Waals surface area (Å²) in [6, 6.07) is 6.17. The monoisotopic (exact) mass is 249 g/mol. The van der Waals surface area contributed by atoms with Gasteiger partial charge < -0.3 is 5.32 Å². The van der Waals surface area contributed by atoms with Crippen LogP contribution in [0.1, 0.15) is 31.2 Å². The van der Waals surface area contributed by atoms with Gasteiger partial charge in [-0.05, 0) is 30.5 Å².